The lowest BCUT2D eigenvalue weighted by Gasteiger charge is -2.38. The first kappa shape index (κ1) is 15.3. The van der Waals surface area contributed by atoms with E-state index in [9.17, 15) is 18.0 Å². The monoisotopic (exact) mass is 303 g/mol. The maximum atomic E-state index is 12.5. The lowest BCUT2D eigenvalue weighted by atomic mass is 9.72. The summed E-state index contributed by atoms with van der Waals surface area (Å²) in [5.41, 5.74) is 0. The van der Waals surface area contributed by atoms with Crippen molar-refractivity contribution >= 4 is 21.7 Å². The van der Waals surface area contributed by atoms with Gasteiger partial charge in [0.2, 0.25) is 5.91 Å². The predicted molar refractivity (Wildman–Crippen MR) is 72.9 cm³/mol. The third-order valence-electron chi connectivity index (χ3n) is 4.31. The maximum Gasteiger partial charge on any atom is 0.307 e. The Morgan fingerprint density at radius 2 is 1.85 bits per heavy atom. The fourth-order valence-electron chi connectivity index (χ4n) is 3.04. The van der Waals surface area contributed by atoms with Gasteiger partial charge in [-0.15, -0.1) is 0 Å². The molecule has 0 aromatic rings. The Labute approximate surface area is 119 Å². The number of aliphatic carboxylic acids is 1. The van der Waals surface area contributed by atoms with E-state index in [0.717, 1.165) is 6.42 Å². The van der Waals surface area contributed by atoms with Crippen molar-refractivity contribution in [2.45, 2.75) is 38.6 Å². The van der Waals surface area contributed by atoms with E-state index in [-0.39, 0.29) is 23.5 Å². The molecule has 2 rings (SSSR count). The van der Waals surface area contributed by atoms with Crippen LogP contribution in [0.2, 0.25) is 0 Å². The van der Waals surface area contributed by atoms with Crippen LogP contribution in [0.5, 0.6) is 0 Å². The average molecular weight is 303 g/mol. The Hall–Kier alpha value is -1.11. The molecule has 7 heteroatoms. The zero-order valence-electron chi connectivity index (χ0n) is 11.6. The molecule has 6 nitrogen and oxygen atoms in total. The number of hydrogen-bond donors (Lipinski definition) is 1. The second-order valence-corrected chi connectivity index (χ2v) is 7.95. The van der Waals surface area contributed by atoms with Crippen molar-refractivity contribution < 1.29 is 23.1 Å². The molecule has 114 valence electrons. The molecule has 3 unspecified atom stereocenters. The van der Waals surface area contributed by atoms with Gasteiger partial charge in [0.05, 0.1) is 23.3 Å². The molecule has 0 aromatic heterocycles. The fourth-order valence-corrected chi connectivity index (χ4v) is 4.77. The van der Waals surface area contributed by atoms with E-state index >= 15 is 0 Å². The number of hydrogen-bond acceptors (Lipinski definition) is 4. The SMILES string of the molecule is CCCN(C(=O)C1CCC1C(=O)O)C1CCS(=O)(=O)C1. The number of carboxylic acids is 1. The number of nitrogens with zero attached hydrogens (tertiary/aromatic N) is 1. The first-order chi connectivity index (χ1) is 9.35. The minimum absolute atomic E-state index is 0.0171. The number of amides is 1. The molecule has 1 N–H and O–H groups in total. The number of carbonyl (C=O) groups excluding carboxylic acids is 1. The van der Waals surface area contributed by atoms with E-state index in [2.05, 4.69) is 0 Å². The van der Waals surface area contributed by atoms with Crippen molar-refractivity contribution in [3.05, 3.63) is 0 Å². The van der Waals surface area contributed by atoms with E-state index in [0.29, 0.717) is 25.8 Å². The summed E-state index contributed by atoms with van der Waals surface area (Å²) in [6.45, 7) is 2.43. The Kier molecular flexibility index (Phi) is 4.36. The molecular formula is C13H21NO5S. The summed E-state index contributed by atoms with van der Waals surface area (Å²) in [5, 5.41) is 9.05. The summed E-state index contributed by atoms with van der Waals surface area (Å²) in [6, 6.07) is -0.275. The Morgan fingerprint density at radius 3 is 2.25 bits per heavy atom. The summed E-state index contributed by atoms with van der Waals surface area (Å²) in [6.07, 6.45) is 2.34. The van der Waals surface area contributed by atoms with Gasteiger partial charge in [0.25, 0.3) is 0 Å². The second-order valence-electron chi connectivity index (χ2n) is 5.72. The van der Waals surface area contributed by atoms with Crippen molar-refractivity contribution in [2.75, 3.05) is 18.1 Å². The van der Waals surface area contributed by atoms with E-state index in [1.165, 1.54) is 0 Å². The van der Waals surface area contributed by atoms with E-state index in [1.54, 1.807) is 4.90 Å². The molecular weight excluding hydrogens is 282 g/mol. The largest absolute Gasteiger partial charge is 0.481 e. The van der Waals surface area contributed by atoms with Crippen molar-refractivity contribution in [2.24, 2.45) is 11.8 Å². The molecule has 1 saturated heterocycles. The molecule has 0 radical (unpaired) electrons. The van der Waals surface area contributed by atoms with Crippen LogP contribution in [0, 0.1) is 11.8 Å². The quantitative estimate of drug-likeness (QED) is 0.799. The van der Waals surface area contributed by atoms with Crippen LogP contribution in [0.1, 0.15) is 32.6 Å². The van der Waals surface area contributed by atoms with Crippen LogP contribution < -0.4 is 0 Å². The third kappa shape index (κ3) is 2.97. The average Bonchev–Trinajstić information content (AvgIpc) is 2.63. The number of carboxylic acid groups (broad SMARTS) is 1. The zero-order chi connectivity index (χ0) is 14.9. The van der Waals surface area contributed by atoms with Gasteiger partial charge in [0.15, 0.2) is 9.84 Å². The summed E-state index contributed by atoms with van der Waals surface area (Å²) >= 11 is 0. The number of carbonyl (C=O) groups is 2. The Bertz CT molecular complexity index is 501. The highest BCUT2D eigenvalue weighted by Gasteiger charge is 2.45. The molecule has 2 fully saturated rings. The van der Waals surface area contributed by atoms with Gasteiger partial charge in [0.1, 0.15) is 0 Å². The molecule has 0 bridgehead atoms. The minimum Gasteiger partial charge on any atom is -0.481 e. The highest BCUT2D eigenvalue weighted by atomic mass is 32.2. The van der Waals surface area contributed by atoms with Crippen molar-refractivity contribution in [1.29, 1.82) is 0 Å². The molecule has 1 aliphatic carbocycles. The molecule has 2 aliphatic rings. The van der Waals surface area contributed by atoms with Crippen LogP contribution in [-0.4, -0.2) is 54.4 Å². The number of sulfone groups is 1. The molecule has 1 amide bonds. The lowest BCUT2D eigenvalue weighted by molar-refractivity contribution is -0.157. The summed E-state index contributed by atoms with van der Waals surface area (Å²) in [5.74, 6) is -2.03. The van der Waals surface area contributed by atoms with Gasteiger partial charge in [-0.3, -0.25) is 9.59 Å². The van der Waals surface area contributed by atoms with E-state index in [4.69, 9.17) is 5.11 Å². The standard InChI is InChI=1S/C13H21NO5S/c1-2-6-14(9-5-7-20(18,19)8-9)12(15)10-3-4-11(10)13(16)17/h9-11H,2-8H2,1H3,(H,16,17). The Morgan fingerprint density at radius 1 is 1.20 bits per heavy atom. The first-order valence-corrected chi connectivity index (χ1v) is 8.91. The van der Waals surface area contributed by atoms with Crippen LogP contribution in [0.15, 0.2) is 0 Å². The van der Waals surface area contributed by atoms with E-state index in [1.807, 2.05) is 6.92 Å². The smallest absolute Gasteiger partial charge is 0.307 e. The molecule has 1 saturated carbocycles. The van der Waals surface area contributed by atoms with Crippen LogP contribution in [0.25, 0.3) is 0 Å². The summed E-state index contributed by atoms with van der Waals surface area (Å²) in [4.78, 5) is 25.1. The predicted octanol–water partition coefficient (Wildman–Crippen LogP) is 0.523. The summed E-state index contributed by atoms with van der Waals surface area (Å²) in [7, 11) is -3.05. The normalized spacial score (nSPS) is 31.6. The molecule has 1 heterocycles. The van der Waals surface area contributed by atoms with Crippen molar-refractivity contribution in [3.8, 4) is 0 Å². The van der Waals surface area contributed by atoms with Crippen molar-refractivity contribution in [1.82, 2.24) is 4.90 Å². The van der Waals surface area contributed by atoms with Crippen LogP contribution in [0.3, 0.4) is 0 Å². The molecule has 3 atom stereocenters. The van der Waals surface area contributed by atoms with Gasteiger partial charge in [-0.1, -0.05) is 6.92 Å². The fraction of sp³-hybridized carbons (Fsp3) is 0.846. The first-order valence-electron chi connectivity index (χ1n) is 7.09. The van der Waals surface area contributed by atoms with E-state index < -0.39 is 27.6 Å². The van der Waals surface area contributed by atoms with Gasteiger partial charge < -0.3 is 10.0 Å². The molecule has 0 aromatic carbocycles. The van der Waals surface area contributed by atoms with Gasteiger partial charge in [0, 0.05) is 12.6 Å². The van der Waals surface area contributed by atoms with Gasteiger partial charge >= 0.3 is 5.97 Å². The lowest BCUT2D eigenvalue weighted by Crippen LogP contribution is -2.50. The maximum absolute atomic E-state index is 12.5. The Balaban J connectivity index is 2.09. The molecule has 0 spiro atoms. The third-order valence-corrected chi connectivity index (χ3v) is 6.06. The van der Waals surface area contributed by atoms with Crippen LogP contribution >= 0.6 is 0 Å². The minimum atomic E-state index is -3.05. The zero-order valence-corrected chi connectivity index (χ0v) is 12.4. The summed E-state index contributed by atoms with van der Waals surface area (Å²) < 4.78 is 23.1. The highest BCUT2D eigenvalue weighted by molar-refractivity contribution is 7.91. The van der Waals surface area contributed by atoms with Gasteiger partial charge in [-0.05, 0) is 25.7 Å². The topological polar surface area (TPSA) is 91.8 Å². The second kappa shape index (κ2) is 5.71. The highest BCUT2D eigenvalue weighted by Crippen LogP contribution is 2.37. The van der Waals surface area contributed by atoms with Gasteiger partial charge in [-0.2, -0.15) is 0 Å². The molecule has 1 aliphatic heterocycles. The van der Waals surface area contributed by atoms with Crippen molar-refractivity contribution in [3.63, 3.8) is 0 Å². The molecule has 20 heavy (non-hydrogen) atoms. The number of rotatable bonds is 5. The van der Waals surface area contributed by atoms with Crippen LogP contribution in [0.4, 0.5) is 0 Å². The van der Waals surface area contributed by atoms with Gasteiger partial charge in [-0.25, -0.2) is 8.42 Å². The van der Waals surface area contributed by atoms with Crippen LogP contribution in [-0.2, 0) is 19.4 Å².